The summed E-state index contributed by atoms with van der Waals surface area (Å²) in [5.41, 5.74) is -1.06. The Morgan fingerprint density at radius 1 is 1.00 bits per heavy atom. The Balaban J connectivity index is 2.82. The molecule has 10 nitrogen and oxygen atoms in total. The van der Waals surface area contributed by atoms with Gasteiger partial charge in [0.05, 0.1) is 0 Å². The van der Waals surface area contributed by atoms with E-state index in [4.69, 9.17) is 9.47 Å². The third-order valence-corrected chi connectivity index (χ3v) is 3.15. The molecule has 1 heterocycles. The fourth-order valence-corrected chi connectivity index (χ4v) is 2.19. The Bertz CT molecular complexity index is 765. The number of hydrogen-bond acceptors (Lipinski definition) is 7. The second kappa shape index (κ2) is 9.44. The molecule has 0 aromatic carbocycles. The van der Waals surface area contributed by atoms with Gasteiger partial charge in [-0.25, -0.2) is 19.4 Å². The number of alkyl carbamates (subject to hydrolysis) is 1. The van der Waals surface area contributed by atoms with Crippen molar-refractivity contribution in [2.24, 2.45) is 0 Å². The molecule has 0 fully saturated rings. The van der Waals surface area contributed by atoms with Crippen LogP contribution in [0.3, 0.4) is 0 Å². The topological polar surface area (TPSA) is 139 Å². The molecule has 0 aliphatic rings. The zero-order chi connectivity index (χ0) is 22.4. The first-order valence-corrected chi connectivity index (χ1v) is 9.13. The lowest BCUT2D eigenvalue weighted by Crippen LogP contribution is -2.35. The number of ether oxygens (including phenoxy) is 2. The molecule has 0 bridgehead atoms. The number of amides is 2. The number of aromatic carboxylic acids is 1. The molecule has 0 unspecified atom stereocenters. The van der Waals surface area contributed by atoms with E-state index in [0.717, 1.165) is 0 Å². The molecule has 0 aliphatic heterocycles. The number of carbonyl (C=O) groups excluding carboxylic acids is 2. The van der Waals surface area contributed by atoms with Crippen molar-refractivity contribution in [2.75, 3.05) is 23.7 Å². The summed E-state index contributed by atoms with van der Waals surface area (Å²) in [6.07, 6.45) is -1.35. The molecular weight excluding hydrogens is 380 g/mol. The average Bonchev–Trinajstić information content (AvgIpc) is 2.47. The van der Waals surface area contributed by atoms with Crippen molar-refractivity contribution >= 4 is 29.8 Å². The average molecular weight is 410 g/mol. The van der Waals surface area contributed by atoms with E-state index in [2.05, 4.69) is 20.9 Å². The van der Waals surface area contributed by atoms with E-state index >= 15 is 0 Å². The van der Waals surface area contributed by atoms with Gasteiger partial charge in [0, 0.05) is 13.1 Å². The smallest absolute Gasteiger partial charge is 0.413 e. The van der Waals surface area contributed by atoms with Gasteiger partial charge in [-0.05, 0) is 60.1 Å². The highest BCUT2D eigenvalue weighted by Gasteiger charge is 2.22. The third kappa shape index (κ3) is 9.13. The number of carboxylic acids is 1. The Labute approximate surface area is 170 Å². The molecule has 29 heavy (non-hydrogen) atoms. The maximum Gasteiger partial charge on any atom is 0.413 e. The fraction of sp³-hybridized carbons (Fsp3) is 0.579. The van der Waals surface area contributed by atoms with Gasteiger partial charge in [0.25, 0.3) is 0 Å². The first-order chi connectivity index (χ1) is 13.2. The van der Waals surface area contributed by atoms with E-state index in [0.29, 0.717) is 17.9 Å². The van der Waals surface area contributed by atoms with Gasteiger partial charge in [-0.3, -0.25) is 5.32 Å². The maximum absolute atomic E-state index is 12.0. The number of nitrogens with zero attached hydrogens (tertiary/aromatic N) is 1. The molecule has 10 heteroatoms. The second-order valence-corrected chi connectivity index (χ2v) is 8.34. The van der Waals surface area contributed by atoms with Crippen LogP contribution in [0.2, 0.25) is 0 Å². The number of nitrogens with one attached hydrogen (secondary N) is 3. The summed E-state index contributed by atoms with van der Waals surface area (Å²) in [6, 6.07) is 1.54. The zero-order valence-electron chi connectivity index (χ0n) is 17.9. The minimum absolute atomic E-state index is 0.130. The molecule has 162 valence electrons. The Kier molecular flexibility index (Phi) is 7.81. The molecule has 0 radical (unpaired) electrons. The lowest BCUT2D eigenvalue weighted by Gasteiger charge is -2.20. The number of pyridine rings is 1. The normalized spacial score (nSPS) is 11.4. The van der Waals surface area contributed by atoms with Crippen molar-refractivity contribution in [3.8, 4) is 0 Å². The molecule has 1 aromatic rings. The van der Waals surface area contributed by atoms with Crippen molar-refractivity contribution in [3.05, 3.63) is 17.2 Å². The molecule has 0 spiro atoms. The van der Waals surface area contributed by atoms with Crippen LogP contribution in [0, 0.1) is 6.92 Å². The SMILES string of the molecule is Cc1cc(NCCNC(=O)OC(C)(C)C)nc(NC(=O)OC(C)(C)C)c1C(=O)O. The van der Waals surface area contributed by atoms with Gasteiger partial charge in [-0.2, -0.15) is 0 Å². The molecule has 1 aromatic heterocycles. The Morgan fingerprint density at radius 2 is 1.55 bits per heavy atom. The minimum Gasteiger partial charge on any atom is -0.478 e. The number of carbonyl (C=O) groups is 3. The van der Waals surface area contributed by atoms with Gasteiger partial charge in [-0.15, -0.1) is 0 Å². The summed E-state index contributed by atoms with van der Waals surface area (Å²) < 4.78 is 10.3. The second-order valence-electron chi connectivity index (χ2n) is 8.34. The largest absolute Gasteiger partial charge is 0.478 e. The van der Waals surface area contributed by atoms with Crippen LogP contribution in [0.1, 0.15) is 57.5 Å². The zero-order valence-corrected chi connectivity index (χ0v) is 17.9. The standard InChI is InChI=1S/C19H30N4O6/c1-11-10-12(20-8-9-21-16(26)28-18(2,3)4)22-14(13(11)15(24)25)23-17(27)29-19(5,6)7/h10H,8-9H2,1-7H3,(H,21,26)(H,24,25)(H2,20,22,23,27). The van der Waals surface area contributed by atoms with Crippen LogP contribution < -0.4 is 16.0 Å². The molecule has 0 saturated heterocycles. The van der Waals surface area contributed by atoms with Crippen LogP contribution in [-0.4, -0.2) is 52.5 Å². The molecule has 0 saturated carbocycles. The van der Waals surface area contributed by atoms with E-state index in [1.807, 2.05) is 0 Å². The van der Waals surface area contributed by atoms with E-state index in [9.17, 15) is 19.5 Å². The maximum atomic E-state index is 12.0. The highest BCUT2D eigenvalue weighted by molar-refractivity contribution is 5.99. The van der Waals surface area contributed by atoms with Crippen LogP contribution in [0.15, 0.2) is 6.07 Å². The van der Waals surface area contributed by atoms with E-state index < -0.39 is 29.4 Å². The predicted octanol–water partition coefficient (Wildman–Crippen LogP) is 3.37. The van der Waals surface area contributed by atoms with Gasteiger partial charge < -0.3 is 25.2 Å². The number of carboxylic acid groups (broad SMARTS) is 1. The van der Waals surface area contributed by atoms with Gasteiger partial charge in [0.15, 0.2) is 5.82 Å². The fourth-order valence-electron chi connectivity index (χ4n) is 2.19. The number of anilines is 2. The lowest BCUT2D eigenvalue weighted by molar-refractivity contribution is 0.0528. The van der Waals surface area contributed by atoms with E-state index in [-0.39, 0.29) is 17.9 Å². The molecule has 1 rings (SSSR count). The first-order valence-electron chi connectivity index (χ1n) is 9.13. The molecular formula is C19H30N4O6. The summed E-state index contributed by atoms with van der Waals surface area (Å²) in [4.78, 5) is 39.4. The monoisotopic (exact) mass is 410 g/mol. The van der Waals surface area contributed by atoms with Gasteiger partial charge >= 0.3 is 18.2 Å². The van der Waals surface area contributed by atoms with Crippen LogP contribution >= 0.6 is 0 Å². The highest BCUT2D eigenvalue weighted by atomic mass is 16.6. The summed E-state index contributed by atoms with van der Waals surface area (Å²) >= 11 is 0. The van der Waals surface area contributed by atoms with Crippen molar-refractivity contribution in [1.82, 2.24) is 10.3 Å². The quantitative estimate of drug-likeness (QED) is 0.524. The number of hydrogen-bond donors (Lipinski definition) is 4. The lowest BCUT2D eigenvalue weighted by atomic mass is 10.1. The van der Waals surface area contributed by atoms with Gasteiger partial charge in [0.2, 0.25) is 0 Å². The van der Waals surface area contributed by atoms with E-state index in [1.165, 1.54) is 6.07 Å². The number of aromatic nitrogens is 1. The van der Waals surface area contributed by atoms with E-state index in [1.54, 1.807) is 48.5 Å². The van der Waals surface area contributed by atoms with Crippen LogP contribution in [-0.2, 0) is 9.47 Å². The van der Waals surface area contributed by atoms with Crippen molar-refractivity contribution in [3.63, 3.8) is 0 Å². The Morgan fingerprint density at radius 3 is 2.07 bits per heavy atom. The minimum atomic E-state index is -1.22. The van der Waals surface area contributed by atoms with Crippen LogP contribution in [0.25, 0.3) is 0 Å². The summed E-state index contributed by atoms with van der Waals surface area (Å²) in [6.45, 7) is 12.5. The summed E-state index contributed by atoms with van der Waals surface area (Å²) in [5.74, 6) is -1.02. The van der Waals surface area contributed by atoms with Crippen LogP contribution in [0.4, 0.5) is 21.2 Å². The van der Waals surface area contributed by atoms with Crippen LogP contribution in [0.5, 0.6) is 0 Å². The molecule has 4 N–H and O–H groups in total. The van der Waals surface area contributed by atoms with Crippen molar-refractivity contribution < 1.29 is 29.0 Å². The Hall–Kier alpha value is -3.04. The van der Waals surface area contributed by atoms with Gasteiger partial charge in [-0.1, -0.05) is 0 Å². The van der Waals surface area contributed by atoms with Crippen molar-refractivity contribution in [1.29, 1.82) is 0 Å². The first kappa shape index (κ1) is 24.0. The predicted molar refractivity (Wildman–Crippen MR) is 109 cm³/mol. The molecule has 2 amide bonds. The third-order valence-electron chi connectivity index (χ3n) is 3.15. The van der Waals surface area contributed by atoms with Crippen molar-refractivity contribution in [2.45, 2.75) is 59.7 Å². The summed E-state index contributed by atoms with van der Waals surface area (Å²) in [5, 5.41) is 17.4. The highest BCUT2D eigenvalue weighted by Crippen LogP contribution is 2.22. The summed E-state index contributed by atoms with van der Waals surface area (Å²) in [7, 11) is 0. The number of aryl methyl sites for hydroxylation is 1. The van der Waals surface area contributed by atoms with Gasteiger partial charge in [0.1, 0.15) is 22.6 Å². The number of rotatable bonds is 6. The molecule has 0 aliphatic carbocycles. The molecule has 0 atom stereocenters.